The third kappa shape index (κ3) is 6.82. The molecule has 0 radical (unpaired) electrons. The monoisotopic (exact) mass is 232 g/mol. The maximum Gasteiger partial charge on any atom is 0.339 e. The molecule has 0 saturated heterocycles. The van der Waals surface area contributed by atoms with E-state index in [-0.39, 0.29) is 0 Å². The van der Waals surface area contributed by atoms with Crippen LogP contribution in [0.5, 0.6) is 0 Å². The van der Waals surface area contributed by atoms with E-state index in [4.69, 9.17) is 9.79 Å². The topological polar surface area (TPSA) is 147 Å². The largest absolute Gasteiger partial charge is 0.339 e. The molecule has 0 bridgehead atoms. The van der Waals surface area contributed by atoms with Crippen molar-refractivity contribution < 1.29 is 27.6 Å². The van der Waals surface area contributed by atoms with Crippen LogP contribution in [0.3, 0.4) is 0 Å². The van der Waals surface area contributed by atoms with Crippen molar-refractivity contribution >= 4 is 22.7 Å². The van der Waals surface area contributed by atoms with Crippen molar-refractivity contribution in [1.29, 1.82) is 0 Å². The van der Waals surface area contributed by atoms with E-state index in [0.717, 1.165) is 0 Å². The minimum absolute atomic E-state index is 0.718. The van der Waals surface area contributed by atoms with Crippen LogP contribution in [0.25, 0.3) is 0 Å². The summed E-state index contributed by atoms with van der Waals surface area (Å²) in [6.07, 6.45) is -0.770. The molecule has 0 spiro atoms. The smallest absolute Gasteiger partial charge is 0.324 e. The molecule has 0 aromatic carbocycles. The van der Waals surface area contributed by atoms with Crippen molar-refractivity contribution in [2.24, 2.45) is 5.14 Å². The Bertz CT molecular complexity index is 330. The predicted octanol–water partition coefficient (Wildman–Crippen LogP) is -2.47. The first-order valence-corrected chi connectivity index (χ1v) is 6.28. The molecule has 0 aliphatic heterocycles. The van der Waals surface area contributed by atoms with E-state index >= 15 is 0 Å². The SMILES string of the molecule is NS(=O)(=O)C(=O)CNCP(=O)(O)O. The average molecular weight is 232 g/mol. The van der Waals surface area contributed by atoms with Gasteiger partial charge in [-0.2, -0.15) is 0 Å². The van der Waals surface area contributed by atoms with Crippen LogP contribution in [-0.4, -0.2) is 36.2 Å². The van der Waals surface area contributed by atoms with E-state index in [0.29, 0.717) is 0 Å². The Labute approximate surface area is 74.3 Å². The lowest BCUT2D eigenvalue weighted by Gasteiger charge is -2.03. The molecular formula is C3H9N2O6PS. The molecule has 0 atom stereocenters. The van der Waals surface area contributed by atoms with Crippen LogP contribution < -0.4 is 10.5 Å². The molecular weight excluding hydrogens is 223 g/mol. The van der Waals surface area contributed by atoms with Gasteiger partial charge in [-0.15, -0.1) is 0 Å². The summed E-state index contributed by atoms with van der Waals surface area (Å²) in [7, 11) is -8.55. The third-order valence-corrected chi connectivity index (χ3v) is 2.32. The Morgan fingerprint density at radius 1 is 1.46 bits per heavy atom. The second kappa shape index (κ2) is 4.27. The normalized spacial score (nSPS) is 12.8. The Kier molecular flexibility index (Phi) is 4.17. The van der Waals surface area contributed by atoms with Gasteiger partial charge in [0.25, 0.3) is 15.1 Å². The van der Waals surface area contributed by atoms with E-state index in [1.807, 2.05) is 5.32 Å². The van der Waals surface area contributed by atoms with Crippen LogP contribution in [-0.2, 0) is 19.4 Å². The van der Waals surface area contributed by atoms with E-state index in [1.54, 1.807) is 0 Å². The van der Waals surface area contributed by atoms with Gasteiger partial charge in [0.2, 0.25) is 0 Å². The van der Waals surface area contributed by atoms with Gasteiger partial charge >= 0.3 is 7.60 Å². The number of nitrogens with two attached hydrogens (primary N) is 1. The van der Waals surface area contributed by atoms with Crippen molar-refractivity contribution in [3.05, 3.63) is 0 Å². The van der Waals surface area contributed by atoms with E-state index in [9.17, 15) is 17.8 Å². The molecule has 5 N–H and O–H groups in total. The fourth-order valence-electron chi connectivity index (χ4n) is 0.404. The summed E-state index contributed by atoms with van der Waals surface area (Å²) >= 11 is 0. The van der Waals surface area contributed by atoms with Gasteiger partial charge in [-0.05, 0) is 0 Å². The van der Waals surface area contributed by atoms with Gasteiger partial charge in [-0.1, -0.05) is 0 Å². The lowest BCUT2D eigenvalue weighted by Crippen LogP contribution is -2.33. The van der Waals surface area contributed by atoms with Crippen LogP contribution in [0, 0.1) is 0 Å². The number of carbonyl (C=O) groups excluding carboxylic acids is 1. The fourth-order valence-corrected chi connectivity index (χ4v) is 1.11. The number of sulfonamides is 1. The lowest BCUT2D eigenvalue weighted by molar-refractivity contribution is -0.111. The van der Waals surface area contributed by atoms with Crippen LogP contribution in [0.4, 0.5) is 0 Å². The summed E-state index contributed by atoms with van der Waals surface area (Å²) in [5, 5.41) is 5.06. The number of carbonyl (C=O) groups is 1. The van der Waals surface area contributed by atoms with Crippen LogP contribution in [0.15, 0.2) is 0 Å². The molecule has 78 valence electrons. The van der Waals surface area contributed by atoms with Crippen molar-refractivity contribution in [1.82, 2.24) is 5.32 Å². The molecule has 0 amide bonds. The first-order chi connectivity index (χ1) is 5.63. The zero-order chi connectivity index (χ0) is 10.7. The molecule has 0 fully saturated rings. The first-order valence-electron chi connectivity index (χ1n) is 2.94. The van der Waals surface area contributed by atoms with Gasteiger partial charge < -0.3 is 9.79 Å². The van der Waals surface area contributed by atoms with Gasteiger partial charge in [0.1, 0.15) is 0 Å². The van der Waals surface area contributed by atoms with Gasteiger partial charge in [-0.3, -0.25) is 14.7 Å². The number of primary sulfonamides is 1. The zero-order valence-corrected chi connectivity index (χ0v) is 8.09. The second-order valence-electron chi connectivity index (χ2n) is 2.17. The Morgan fingerprint density at radius 2 is 1.92 bits per heavy atom. The number of nitrogens with one attached hydrogen (secondary N) is 1. The molecule has 0 saturated carbocycles. The van der Waals surface area contributed by atoms with Gasteiger partial charge in [0.05, 0.1) is 12.8 Å². The highest BCUT2D eigenvalue weighted by molar-refractivity contribution is 8.04. The summed E-state index contributed by atoms with van der Waals surface area (Å²) in [5.74, 6) is 0. The standard InChI is InChI=1S/C3H9N2O6PS/c4-13(10,11)3(6)1-5-2-12(7,8)9/h5H,1-2H2,(H2,4,10,11)(H2,7,8,9). The number of rotatable bonds is 4. The quantitative estimate of drug-likeness (QED) is 0.392. The predicted molar refractivity (Wildman–Crippen MR) is 43.0 cm³/mol. The molecule has 0 rings (SSSR count). The number of hydrogen-bond acceptors (Lipinski definition) is 5. The van der Waals surface area contributed by atoms with Crippen molar-refractivity contribution in [3.63, 3.8) is 0 Å². The Balaban J connectivity index is 3.95. The molecule has 8 nitrogen and oxygen atoms in total. The molecule has 0 heterocycles. The molecule has 0 aromatic heterocycles. The van der Waals surface area contributed by atoms with Crippen molar-refractivity contribution in [3.8, 4) is 0 Å². The second-order valence-corrected chi connectivity index (χ2v) is 5.36. The highest BCUT2D eigenvalue weighted by Gasteiger charge is 2.18. The summed E-state index contributed by atoms with van der Waals surface area (Å²) < 4.78 is 30.8. The minimum Gasteiger partial charge on any atom is -0.324 e. The highest BCUT2D eigenvalue weighted by Crippen LogP contribution is 2.31. The van der Waals surface area contributed by atoms with E-state index < -0.39 is 35.6 Å². The molecule has 0 aromatic rings. The number of hydrogen-bond donors (Lipinski definition) is 4. The molecule has 0 aliphatic rings. The first kappa shape index (κ1) is 12.7. The van der Waals surface area contributed by atoms with Crippen LogP contribution in [0.2, 0.25) is 0 Å². The Morgan fingerprint density at radius 3 is 2.23 bits per heavy atom. The van der Waals surface area contributed by atoms with Gasteiger partial charge in [0, 0.05) is 0 Å². The molecule has 10 heteroatoms. The average Bonchev–Trinajstić information content (AvgIpc) is 1.82. The highest BCUT2D eigenvalue weighted by atomic mass is 32.2. The van der Waals surface area contributed by atoms with Crippen molar-refractivity contribution in [2.75, 3.05) is 12.8 Å². The summed E-state index contributed by atoms with van der Waals surface area (Å²) in [4.78, 5) is 27.1. The lowest BCUT2D eigenvalue weighted by atomic mass is 10.7. The zero-order valence-electron chi connectivity index (χ0n) is 6.37. The fraction of sp³-hybridized carbons (Fsp3) is 0.667. The summed E-state index contributed by atoms with van der Waals surface area (Å²) in [6.45, 7) is -0.718. The minimum atomic E-state index is -4.27. The maximum atomic E-state index is 10.5. The maximum absolute atomic E-state index is 10.5. The summed E-state index contributed by atoms with van der Waals surface area (Å²) in [6, 6.07) is 0. The molecule has 0 aliphatic carbocycles. The molecule has 0 unspecified atom stereocenters. The molecule has 13 heavy (non-hydrogen) atoms. The van der Waals surface area contributed by atoms with Crippen molar-refractivity contribution in [2.45, 2.75) is 0 Å². The third-order valence-electron chi connectivity index (χ3n) is 0.904. The van der Waals surface area contributed by atoms with Crippen LogP contribution in [0.1, 0.15) is 0 Å². The van der Waals surface area contributed by atoms with E-state index in [2.05, 4.69) is 5.14 Å². The van der Waals surface area contributed by atoms with Gasteiger partial charge in [-0.25, -0.2) is 13.6 Å². The van der Waals surface area contributed by atoms with E-state index in [1.165, 1.54) is 0 Å². The Hall–Kier alpha value is -0.310. The van der Waals surface area contributed by atoms with Crippen LogP contribution >= 0.6 is 7.60 Å². The summed E-state index contributed by atoms with van der Waals surface area (Å²) in [5.41, 5.74) is 0. The van der Waals surface area contributed by atoms with Gasteiger partial charge in [0.15, 0.2) is 0 Å².